The highest BCUT2D eigenvalue weighted by Crippen LogP contribution is 2.18. The highest BCUT2D eigenvalue weighted by molar-refractivity contribution is 7.89. The van der Waals surface area contributed by atoms with Crippen LogP contribution in [0, 0.1) is 5.82 Å². The van der Waals surface area contributed by atoms with E-state index in [9.17, 15) is 17.6 Å². The van der Waals surface area contributed by atoms with Gasteiger partial charge in [-0.3, -0.25) is 4.79 Å². The van der Waals surface area contributed by atoms with E-state index in [1.807, 2.05) is 13.8 Å². The zero-order valence-corrected chi connectivity index (χ0v) is 14.2. The molecule has 1 aliphatic rings. The van der Waals surface area contributed by atoms with Crippen LogP contribution in [0.5, 0.6) is 0 Å². The van der Waals surface area contributed by atoms with Crippen molar-refractivity contribution in [1.82, 2.24) is 9.62 Å². The van der Waals surface area contributed by atoms with E-state index < -0.39 is 15.8 Å². The van der Waals surface area contributed by atoms with E-state index in [4.69, 9.17) is 0 Å². The summed E-state index contributed by atoms with van der Waals surface area (Å²) in [7, 11) is -3.83. The van der Waals surface area contributed by atoms with E-state index in [0.29, 0.717) is 19.6 Å². The van der Waals surface area contributed by atoms with Gasteiger partial charge in [0.15, 0.2) is 6.04 Å². The Hall–Kier alpha value is -1.51. The molecule has 0 radical (unpaired) electrons. The Bertz CT molecular complexity index is 658. The van der Waals surface area contributed by atoms with Gasteiger partial charge >= 0.3 is 0 Å². The molecule has 0 saturated carbocycles. The monoisotopic (exact) mass is 344 g/mol. The van der Waals surface area contributed by atoms with E-state index in [0.717, 1.165) is 11.0 Å². The van der Waals surface area contributed by atoms with Gasteiger partial charge < -0.3 is 10.2 Å². The first kappa shape index (κ1) is 17.8. The number of sulfonamides is 1. The molecule has 23 heavy (non-hydrogen) atoms. The van der Waals surface area contributed by atoms with Gasteiger partial charge in [0.25, 0.3) is 5.91 Å². The molecule has 128 valence electrons. The molecule has 1 aliphatic heterocycles. The van der Waals surface area contributed by atoms with Gasteiger partial charge in [-0.05, 0) is 26.0 Å². The van der Waals surface area contributed by atoms with Crippen molar-refractivity contribution < 1.29 is 22.5 Å². The number of hydrogen-bond acceptors (Lipinski definition) is 3. The van der Waals surface area contributed by atoms with Gasteiger partial charge in [-0.2, -0.15) is 4.31 Å². The molecule has 1 fully saturated rings. The van der Waals surface area contributed by atoms with Crippen LogP contribution < -0.4 is 10.2 Å². The molecule has 8 heteroatoms. The van der Waals surface area contributed by atoms with Crippen LogP contribution >= 0.6 is 0 Å². The molecule has 1 aromatic rings. The highest BCUT2D eigenvalue weighted by Gasteiger charge is 2.35. The van der Waals surface area contributed by atoms with Crippen molar-refractivity contribution in [2.75, 3.05) is 32.7 Å². The summed E-state index contributed by atoms with van der Waals surface area (Å²) in [5.41, 5.74) is 0. The lowest BCUT2D eigenvalue weighted by molar-refractivity contribution is -0.917. The van der Waals surface area contributed by atoms with E-state index in [1.165, 1.54) is 22.5 Å². The van der Waals surface area contributed by atoms with Crippen molar-refractivity contribution >= 4 is 15.9 Å². The van der Waals surface area contributed by atoms with Crippen LogP contribution in [0.3, 0.4) is 0 Å². The number of nitrogens with zero attached hydrogens (tertiary/aromatic N) is 1. The lowest BCUT2D eigenvalue weighted by Crippen LogP contribution is -3.19. The molecule has 1 atom stereocenters. The fraction of sp³-hybridized carbons (Fsp3) is 0.533. The minimum absolute atomic E-state index is 0.0343. The van der Waals surface area contributed by atoms with Crippen molar-refractivity contribution in [2.45, 2.75) is 24.8 Å². The number of benzene rings is 1. The number of rotatable bonds is 5. The van der Waals surface area contributed by atoms with E-state index >= 15 is 0 Å². The Kier molecular flexibility index (Phi) is 5.72. The molecule has 0 aliphatic carbocycles. The Morgan fingerprint density at radius 2 is 1.96 bits per heavy atom. The lowest BCUT2D eigenvalue weighted by atomic mass is 10.2. The molecule has 2 rings (SSSR count). The van der Waals surface area contributed by atoms with Crippen LogP contribution in [0.2, 0.25) is 0 Å². The smallest absolute Gasteiger partial charge is 0.278 e. The topological polar surface area (TPSA) is 70.9 Å². The van der Waals surface area contributed by atoms with Crippen molar-refractivity contribution in [3.8, 4) is 0 Å². The zero-order chi connectivity index (χ0) is 17.0. The van der Waals surface area contributed by atoms with E-state index in [2.05, 4.69) is 5.32 Å². The molecule has 0 unspecified atom stereocenters. The molecular formula is C15H23FN3O3S+. The molecule has 0 aromatic heterocycles. The number of quaternary nitrogens is 1. The summed E-state index contributed by atoms with van der Waals surface area (Å²) in [4.78, 5) is 12.6. The van der Waals surface area contributed by atoms with Crippen LogP contribution in [0.25, 0.3) is 0 Å². The maximum atomic E-state index is 13.8. The summed E-state index contributed by atoms with van der Waals surface area (Å²) in [5.74, 6) is -0.772. The molecule has 1 heterocycles. The third-order valence-corrected chi connectivity index (χ3v) is 6.11. The number of carbonyl (C=O) groups excluding carboxylic acids is 1. The maximum absolute atomic E-state index is 13.8. The van der Waals surface area contributed by atoms with Gasteiger partial charge in [0.1, 0.15) is 10.7 Å². The number of piperazine rings is 1. The minimum atomic E-state index is -3.83. The zero-order valence-electron chi connectivity index (χ0n) is 13.4. The van der Waals surface area contributed by atoms with Crippen molar-refractivity contribution in [3.63, 3.8) is 0 Å². The summed E-state index contributed by atoms with van der Waals surface area (Å²) in [6.45, 7) is 5.86. The maximum Gasteiger partial charge on any atom is 0.278 e. The summed E-state index contributed by atoms with van der Waals surface area (Å²) in [6.07, 6.45) is 0. The van der Waals surface area contributed by atoms with Gasteiger partial charge in [-0.15, -0.1) is 0 Å². The number of likely N-dealkylation sites (N-methyl/N-ethyl adjacent to an activating group) is 1. The number of halogens is 1. The molecule has 0 bridgehead atoms. The summed E-state index contributed by atoms with van der Waals surface area (Å²) < 4.78 is 40.1. The highest BCUT2D eigenvalue weighted by atomic mass is 32.2. The van der Waals surface area contributed by atoms with Gasteiger partial charge in [0.05, 0.1) is 26.2 Å². The molecular weight excluding hydrogens is 321 g/mol. The summed E-state index contributed by atoms with van der Waals surface area (Å²) in [6, 6.07) is 5.17. The van der Waals surface area contributed by atoms with Crippen LogP contribution in [0.4, 0.5) is 4.39 Å². The van der Waals surface area contributed by atoms with E-state index in [-0.39, 0.29) is 29.9 Å². The molecule has 1 saturated heterocycles. The van der Waals surface area contributed by atoms with Crippen molar-refractivity contribution in [3.05, 3.63) is 30.1 Å². The molecule has 0 spiro atoms. The second-order valence-corrected chi connectivity index (χ2v) is 7.52. The average Bonchev–Trinajstić information content (AvgIpc) is 2.54. The first-order chi connectivity index (χ1) is 10.9. The minimum Gasteiger partial charge on any atom is -0.351 e. The quantitative estimate of drug-likeness (QED) is 0.738. The number of hydrogen-bond donors (Lipinski definition) is 2. The molecule has 1 amide bonds. The third kappa shape index (κ3) is 3.88. The predicted octanol–water partition coefficient (Wildman–Crippen LogP) is -0.760. The number of carbonyl (C=O) groups is 1. The average molecular weight is 344 g/mol. The standard InChI is InChI=1S/C15H22FN3O3S/c1-3-17-15(20)12(2)18-8-10-19(11-9-18)23(21,22)14-7-5-4-6-13(14)16/h4-7,12H,3,8-11H2,1-2H3,(H,17,20)/p+1/t12-/m1/s1. The fourth-order valence-electron chi connectivity index (χ4n) is 2.75. The summed E-state index contributed by atoms with van der Waals surface area (Å²) >= 11 is 0. The second-order valence-electron chi connectivity index (χ2n) is 5.61. The van der Waals surface area contributed by atoms with Gasteiger partial charge in [0, 0.05) is 6.54 Å². The van der Waals surface area contributed by atoms with E-state index in [1.54, 1.807) is 0 Å². The Labute approximate surface area is 136 Å². The first-order valence-electron chi connectivity index (χ1n) is 7.75. The summed E-state index contributed by atoms with van der Waals surface area (Å²) in [5, 5.41) is 2.78. The first-order valence-corrected chi connectivity index (χ1v) is 9.19. The normalized spacial score (nSPS) is 18.6. The number of nitrogens with one attached hydrogen (secondary N) is 2. The SMILES string of the molecule is CCNC(=O)[C@@H](C)[NH+]1CCN(S(=O)(=O)c2ccccc2F)CC1. The van der Waals surface area contributed by atoms with Crippen LogP contribution in [-0.4, -0.2) is 57.4 Å². The Balaban J connectivity index is 2.04. The van der Waals surface area contributed by atoms with Crippen LogP contribution in [-0.2, 0) is 14.8 Å². The Morgan fingerprint density at radius 1 is 1.35 bits per heavy atom. The van der Waals surface area contributed by atoms with Crippen molar-refractivity contribution in [1.29, 1.82) is 0 Å². The molecule has 2 N–H and O–H groups in total. The number of amides is 1. The largest absolute Gasteiger partial charge is 0.351 e. The third-order valence-electron chi connectivity index (χ3n) is 4.18. The van der Waals surface area contributed by atoms with Gasteiger partial charge in [-0.25, -0.2) is 12.8 Å². The second kappa shape index (κ2) is 7.37. The van der Waals surface area contributed by atoms with Gasteiger partial charge in [-0.1, -0.05) is 12.1 Å². The van der Waals surface area contributed by atoms with Gasteiger partial charge in [0.2, 0.25) is 10.0 Å². The Morgan fingerprint density at radius 3 is 2.52 bits per heavy atom. The lowest BCUT2D eigenvalue weighted by Gasteiger charge is -2.34. The van der Waals surface area contributed by atoms with Crippen LogP contribution in [0.15, 0.2) is 29.2 Å². The molecule has 1 aromatic carbocycles. The van der Waals surface area contributed by atoms with Crippen LogP contribution in [0.1, 0.15) is 13.8 Å². The molecule has 6 nitrogen and oxygen atoms in total. The fourth-order valence-corrected chi connectivity index (χ4v) is 4.26. The predicted molar refractivity (Wildman–Crippen MR) is 84.0 cm³/mol. The van der Waals surface area contributed by atoms with Crippen molar-refractivity contribution in [2.24, 2.45) is 0 Å².